The van der Waals surface area contributed by atoms with Crippen molar-refractivity contribution >= 4 is 32.8 Å². The first-order valence-electron chi connectivity index (χ1n) is 3.96. The van der Waals surface area contributed by atoms with Crippen LogP contribution in [0.25, 0.3) is 10.9 Å². The molecule has 0 saturated carbocycles. The number of carbonyl (C=O) groups is 1. The third kappa shape index (κ3) is 1.37. The molecule has 0 spiro atoms. The molecule has 0 amide bonds. The molecule has 2 aromatic rings. The van der Waals surface area contributed by atoms with Crippen molar-refractivity contribution in [2.24, 2.45) is 0 Å². The molecular weight excluding hydrogens is 246 g/mol. The first-order chi connectivity index (χ1) is 6.70. The van der Waals surface area contributed by atoms with Gasteiger partial charge in [0.15, 0.2) is 0 Å². The van der Waals surface area contributed by atoms with E-state index in [1.165, 1.54) is 12.3 Å². The number of rotatable bonds is 1. The van der Waals surface area contributed by atoms with E-state index in [2.05, 4.69) is 20.9 Å². The third-order valence-electron chi connectivity index (χ3n) is 1.95. The van der Waals surface area contributed by atoms with E-state index in [1.54, 1.807) is 12.1 Å². The van der Waals surface area contributed by atoms with Gasteiger partial charge in [0, 0.05) is 16.1 Å². The third-order valence-corrected chi connectivity index (χ3v) is 2.61. The van der Waals surface area contributed by atoms with Crippen LogP contribution in [0.5, 0.6) is 0 Å². The van der Waals surface area contributed by atoms with Crippen molar-refractivity contribution in [3.05, 3.63) is 40.5 Å². The Bertz CT molecular complexity index is 505. The average Bonchev–Trinajstić information content (AvgIpc) is 2.17. The molecule has 0 saturated heterocycles. The summed E-state index contributed by atoms with van der Waals surface area (Å²) in [6, 6.07) is 6.91. The van der Waals surface area contributed by atoms with Gasteiger partial charge < -0.3 is 5.11 Å². The van der Waals surface area contributed by atoms with Crippen LogP contribution in [0.2, 0.25) is 0 Å². The van der Waals surface area contributed by atoms with E-state index in [-0.39, 0.29) is 5.56 Å². The topological polar surface area (TPSA) is 50.2 Å². The minimum absolute atomic E-state index is 0.266. The maximum absolute atomic E-state index is 10.9. The number of halogens is 1. The molecule has 3 nitrogen and oxygen atoms in total. The lowest BCUT2D eigenvalue weighted by Crippen LogP contribution is -1.98. The number of pyridine rings is 1. The second kappa shape index (κ2) is 3.38. The molecule has 0 unspecified atom stereocenters. The number of carboxylic acid groups (broad SMARTS) is 1. The Labute approximate surface area is 88.5 Å². The highest BCUT2D eigenvalue weighted by Gasteiger charge is 2.10. The van der Waals surface area contributed by atoms with E-state index in [0.29, 0.717) is 10.9 Å². The van der Waals surface area contributed by atoms with Gasteiger partial charge in [-0.1, -0.05) is 22.0 Å². The Hall–Kier alpha value is -1.42. The number of hydrogen-bond acceptors (Lipinski definition) is 2. The fraction of sp³-hybridized carbons (Fsp3) is 0. The largest absolute Gasteiger partial charge is 0.478 e. The van der Waals surface area contributed by atoms with Gasteiger partial charge in [-0.3, -0.25) is 4.98 Å². The summed E-state index contributed by atoms with van der Waals surface area (Å²) in [5.41, 5.74) is 0.946. The van der Waals surface area contributed by atoms with Gasteiger partial charge >= 0.3 is 5.97 Å². The number of hydrogen-bond donors (Lipinski definition) is 1. The molecule has 2 rings (SSSR count). The minimum atomic E-state index is -0.940. The summed E-state index contributed by atoms with van der Waals surface area (Å²) in [7, 11) is 0. The predicted molar refractivity (Wildman–Crippen MR) is 56.4 cm³/mol. The fourth-order valence-electron chi connectivity index (χ4n) is 1.34. The van der Waals surface area contributed by atoms with Gasteiger partial charge in [-0.15, -0.1) is 0 Å². The van der Waals surface area contributed by atoms with Crippen molar-refractivity contribution in [3.8, 4) is 0 Å². The summed E-state index contributed by atoms with van der Waals surface area (Å²) < 4.78 is 0.750. The Kier molecular flexibility index (Phi) is 2.21. The molecule has 0 fully saturated rings. The summed E-state index contributed by atoms with van der Waals surface area (Å²) in [6.45, 7) is 0. The lowest BCUT2D eigenvalue weighted by Gasteiger charge is -2.02. The monoisotopic (exact) mass is 251 g/mol. The van der Waals surface area contributed by atoms with Crippen LogP contribution in [0, 0.1) is 0 Å². The van der Waals surface area contributed by atoms with Crippen molar-refractivity contribution in [3.63, 3.8) is 0 Å². The van der Waals surface area contributed by atoms with E-state index < -0.39 is 5.97 Å². The highest BCUT2D eigenvalue weighted by molar-refractivity contribution is 9.10. The van der Waals surface area contributed by atoms with Crippen LogP contribution < -0.4 is 0 Å². The molecule has 0 bridgehead atoms. The molecule has 14 heavy (non-hydrogen) atoms. The number of nitrogens with zero attached hydrogens (tertiary/aromatic N) is 1. The molecule has 1 heterocycles. The van der Waals surface area contributed by atoms with Crippen molar-refractivity contribution in [2.75, 3.05) is 0 Å². The highest BCUT2D eigenvalue weighted by Crippen LogP contribution is 2.25. The van der Waals surface area contributed by atoms with Crippen molar-refractivity contribution in [1.82, 2.24) is 4.98 Å². The van der Waals surface area contributed by atoms with E-state index in [4.69, 9.17) is 5.11 Å². The SMILES string of the molecule is O=C(O)c1ccnc2cccc(Br)c12. The zero-order valence-corrected chi connectivity index (χ0v) is 8.65. The Morgan fingerprint density at radius 3 is 2.86 bits per heavy atom. The van der Waals surface area contributed by atoms with Crippen molar-refractivity contribution in [1.29, 1.82) is 0 Å². The number of aromatic nitrogens is 1. The minimum Gasteiger partial charge on any atom is -0.478 e. The molecule has 1 aromatic heterocycles. The van der Waals surface area contributed by atoms with Crippen LogP contribution in [-0.2, 0) is 0 Å². The Morgan fingerprint density at radius 2 is 2.14 bits per heavy atom. The Balaban J connectivity index is 2.91. The van der Waals surface area contributed by atoms with E-state index in [1.807, 2.05) is 6.07 Å². The zero-order valence-electron chi connectivity index (χ0n) is 7.07. The number of benzene rings is 1. The van der Waals surface area contributed by atoms with E-state index >= 15 is 0 Å². The average molecular weight is 252 g/mol. The van der Waals surface area contributed by atoms with Crippen LogP contribution in [0.4, 0.5) is 0 Å². The highest BCUT2D eigenvalue weighted by atomic mass is 79.9. The normalized spacial score (nSPS) is 10.4. The van der Waals surface area contributed by atoms with Gasteiger partial charge in [-0.2, -0.15) is 0 Å². The van der Waals surface area contributed by atoms with Crippen molar-refractivity contribution in [2.45, 2.75) is 0 Å². The van der Waals surface area contributed by atoms with Gasteiger partial charge in [-0.25, -0.2) is 4.79 Å². The van der Waals surface area contributed by atoms with Gasteiger partial charge in [0.2, 0.25) is 0 Å². The molecule has 0 aliphatic rings. The first kappa shape index (κ1) is 9.15. The molecule has 0 aliphatic heterocycles. The smallest absolute Gasteiger partial charge is 0.336 e. The summed E-state index contributed by atoms with van der Waals surface area (Å²) in [5, 5.41) is 9.60. The molecule has 0 radical (unpaired) electrons. The van der Waals surface area contributed by atoms with E-state index in [9.17, 15) is 4.79 Å². The van der Waals surface area contributed by atoms with Crippen LogP contribution in [0.1, 0.15) is 10.4 Å². The number of aromatic carboxylic acids is 1. The fourth-order valence-corrected chi connectivity index (χ4v) is 1.91. The number of carboxylic acids is 1. The summed E-state index contributed by atoms with van der Waals surface area (Å²) in [5.74, 6) is -0.940. The maximum atomic E-state index is 10.9. The molecular formula is C10H6BrNO2. The number of fused-ring (bicyclic) bond motifs is 1. The molecule has 1 aromatic carbocycles. The first-order valence-corrected chi connectivity index (χ1v) is 4.76. The van der Waals surface area contributed by atoms with Crippen LogP contribution in [0.15, 0.2) is 34.9 Å². The maximum Gasteiger partial charge on any atom is 0.336 e. The lowest BCUT2D eigenvalue weighted by molar-refractivity contribution is 0.0699. The zero-order chi connectivity index (χ0) is 10.1. The van der Waals surface area contributed by atoms with Crippen LogP contribution in [0.3, 0.4) is 0 Å². The van der Waals surface area contributed by atoms with Crippen LogP contribution >= 0.6 is 15.9 Å². The van der Waals surface area contributed by atoms with Gasteiger partial charge in [0.25, 0.3) is 0 Å². The van der Waals surface area contributed by atoms with Gasteiger partial charge in [0.1, 0.15) is 0 Å². The second-order valence-electron chi connectivity index (χ2n) is 2.80. The molecule has 0 atom stereocenters. The van der Waals surface area contributed by atoms with Gasteiger partial charge in [-0.05, 0) is 18.2 Å². The molecule has 4 heteroatoms. The standard InChI is InChI=1S/C10H6BrNO2/c11-7-2-1-3-8-9(7)6(10(13)14)4-5-12-8/h1-5H,(H,13,14). The summed E-state index contributed by atoms with van der Waals surface area (Å²) in [4.78, 5) is 15.0. The van der Waals surface area contributed by atoms with E-state index in [0.717, 1.165) is 4.47 Å². The summed E-state index contributed by atoms with van der Waals surface area (Å²) in [6.07, 6.45) is 1.50. The predicted octanol–water partition coefficient (Wildman–Crippen LogP) is 2.70. The summed E-state index contributed by atoms with van der Waals surface area (Å²) >= 11 is 3.31. The lowest BCUT2D eigenvalue weighted by atomic mass is 10.1. The second-order valence-corrected chi connectivity index (χ2v) is 3.65. The van der Waals surface area contributed by atoms with Crippen LogP contribution in [-0.4, -0.2) is 16.1 Å². The molecule has 1 N–H and O–H groups in total. The quantitative estimate of drug-likeness (QED) is 0.848. The Morgan fingerprint density at radius 1 is 1.36 bits per heavy atom. The molecule has 70 valence electrons. The van der Waals surface area contributed by atoms with Crippen molar-refractivity contribution < 1.29 is 9.90 Å². The van der Waals surface area contributed by atoms with Gasteiger partial charge in [0.05, 0.1) is 11.1 Å². The molecule has 0 aliphatic carbocycles.